The van der Waals surface area contributed by atoms with Crippen LogP contribution in [0.2, 0.25) is 0 Å². The molecule has 3 aliphatic rings. The molecule has 0 radical (unpaired) electrons. The van der Waals surface area contributed by atoms with Gasteiger partial charge >= 0.3 is 0 Å². The topological polar surface area (TPSA) is 35.6 Å². The number of piperidine rings is 1. The van der Waals surface area contributed by atoms with E-state index in [-0.39, 0.29) is 5.91 Å². The third-order valence-corrected chi connectivity index (χ3v) is 6.60. The monoisotopic (exact) mass is 335 g/mol. The molecule has 1 amide bonds. The van der Waals surface area contributed by atoms with Crippen LogP contribution in [0, 0.1) is 5.92 Å². The molecule has 1 heterocycles. The standard InChI is InChI=1S/C20H37N3O/c1-3-16-5-7-18(8-6-16)23(19-9-10-19)15-20(24)21-17-11-13-22(4-2)14-12-17/h16-19H,3-15H2,1-2H3,(H,21,24). The smallest absolute Gasteiger partial charge is 0.234 e. The van der Waals surface area contributed by atoms with E-state index in [9.17, 15) is 4.79 Å². The fraction of sp³-hybridized carbons (Fsp3) is 0.950. The molecule has 1 saturated heterocycles. The van der Waals surface area contributed by atoms with E-state index in [2.05, 4.69) is 29.0 Å². The second-order valence-electron chi connectivity index (χ2n) is 8.26. The van der Waals surface area contributed by atoms with E-state index in [0.717, 1.165) is 38.4 Å². The van der Waals surface area contributed by atoms with Gasteiger partial charge in [0.15, 0.2) is 0 Å². The fourth-order valence-corrected chi connectivity index (χ4v) is 4.68. The van der Waals surface area contributed by atoms with Crippen molar-refractivity contribution in [3.05, 3.63) is 0 Å². The molecule has 24 heavy (non-hydrogen) atoms. The van der Waals surface area contributed by atoms with Gasteiger partial charge < -0.3 is 10.2 Å². The Morgan fingerprint density at radius 3 is 2.04 bits per heavy atom. The molecule has 0 spiro atoms. The molecular formula is C20H37N3O. The van der Waals surface area contributed by atoms with Gasteiger partial charge in [-0.05, 0) is 63.8 Å². The molecule has 0 aromatic heterocycles. The highest BCUT2D eigenvalue weighted by molar-refractivity contribution is 5.78. The van der Waals surface area contributed by atoms with Crippen LogP contribution in [0.4, 0.5) is 0 Å². The van der Waals surface area contributed by atoms with E-state index in [0.29, 0.717) is 24.7 Å². The molecule has 1 aliphatic heterocycles. The largest absolute Gasteiger partial charge is 0.352 e. The molecule has 4 nitrogen and oxygen atoms in total. The predicted octanol–water partition coefficient (Wildman–Crippen LogP) is 3.02. The average Bonchev–Trinajstić information content (AvgIpc) is 3.45. The normalized spacial score (nSPS) is 29.8. The van der Waals surface area contributed by atoms with E-state index < -0.39 is 0 Å². The van der Waals surface area contributed by atoms with Gasteiger partial charge in [-0.2, -0.15) is 0 Å². The Kier molecular flexibility index (Phi) is 6.56. The third-order valence-electron chi connectivity index (χ3n) is 6.60. The summed E-state index contributed by atoms with van der Waals surface area (Å²) < 4.78 is 0. The van der Waals surface area contributed by atoms with Crippen LogP contribution in [0.25, 0.3) is 0 Å². The van der Waals surface area contributed by atoms with Crippen LogP contribution in [0.15, 0.2) is 0 Å². The van der Waals surface area contributed by atoms with Gasteiger partial charge in [-0.15, -0.1) is 0 Å². The molecule has 0 aromatic rings. The molecule has 0 atom stereocenters. The highest BCUT2D eigenvalue weighted by Crippen LogP contribution is 2.35. The lowest BCUT2D eigenvalue weighted by atomic mass is 9.84. The lowest BCUT2D eigenvalue weighted by Gasteiger charge is -2.37. The first-order valence-corrected chi connectivity index (χ1v) is 10.5. The van der Waals surface area contributed by atoms with Crippen LogP contribution >= 0.6 is 0 Å². The first-order chi connectivity index (χ1) is 11.7. The second-order valence-corrected chi connectivity index (χ2v) is 8.26. The number of likely N-dealkylation sites (tertiary alicyclic amines) is 1. The zero-order valence-electron chi connectivity index (χ0n) is 15.8. The fourth-order valence-electron chi connectivity index (χ4n) is 4.68. The molecule has 2 saturated carbocycles. The van der Waals surface area contributed by atoms with Crippen molar-refractivity contribution in [2.45, 2.75) is 89.8 Å². The summed E-state index contributed by atoms with van der Waals surface area (Å²) in [5, 5.41) is 3.33. The van der Waals surface area contributed by atoms with Crippen molar-refractivity contribution in [2.75, 3.05) is 26.2 Å². The van der Waals surface area contributed by atoms with Gasteiger partial charge in [-0.25, -0.2) is 0 Å². The Bertz CT molecular complexity index is 394. The van der Waals surface area contributed by atoms with Crippen molar-refractivity contribution in [3.63, 3.8) is 0 Å². The maximum absolute atomic E-state index is 12.6. The Hall–Kier alpha value is -0.610. The number of amides is 1. The van der Waals surface area contributed by atoms with E-state index in [4.69, 9.17) is 0 Å². The van der Waals surface area contributed by atoms with Gasteiger partial charge in [0, 0.05) is 31.2 Å². The Labute approximate surface area is 148 Å². The van der Waals surface area contributed by atoms with Crippen LogP contribution in [0.5, 0.6) is 0 Å². The molecule has 3 rings (SSSR count). The molecule has 0 aromatic carbocycles. The van der Waals surface area contributed by atoms with Crippen molar-refractivity contribution in [1.29, 1.82) is 0 Å². The number of rotatable bonds is 7. The lowest BCUT2D eigenvalue weighted by Crippen LogP contribution is -2.50. The average molecular weight is 336 g/mol. The Morgan fingerprint density at radius 2 is 1.54 bits per heavy atom. The minimum absolute atomic E-state index is 0.273. The molecule has 1 N–H and O–H groups in total. The summed E-state index contributed by atoms with van der Waals surface area (Å²) in [6, 6.07) is 1.76. The molecule has 4 heteroatoms. The highest BCUT2D eigenvalue weighted by Gasteiger charge is 2.36. The molecule has 0 unspecified atom stereocenters. The summed E-state index contributed by atoms with van der Waals surface area (Å²) in [5.74, 6) is 1.20. The zero-order valence-corrected chi connectivity index (χ0v) is 15.8. The SMILES string of the molecule is CCC1CCC(N(CC(=O)NC2CCN(CC)CC2)C2CC2)CC1. The van der Waals surface area contributed by atoms with E-state index in [1.807, 2.05) is 0 Å². The number of carbonyl (C=O) groups excluding carboxylic acids is 1. The van der Waals surface area contributed by atoms with Crippen molar-refractivity contribution in [1.82, 2.24) is 15.1 Å². The van der Waals surface area contributed by atoms with E-state index in [1.54, 1.807) is 0 Å². The molecule has 0 bridgehead atoms. The quantitative estimate of drug-likeness (QED) is 0.777. The van der Waals surface area contributed by atoms with Crippen LogP contribution in [0.3, 0.4) is 0 Å². The number of nitrogens with one attached hydrogen (secondary N) is 1. The van der Waals surface area contributed by atoms with Crippen LogP contribution in [-0.4, -0.2) is 60.0 Å². The van der Waals surface area contributed by atoms with Gasteiger partial charge in [-0.1, -0.05) is 20.3 Å². The summed E-state index contributed by atoms with van der Waals surface area (Å²) in [4.78, 5) is 17.6. The molecule has 138 valence electrons. The minimum atomic E-state index is 0.273. The molecular weight excluding hydrogens is 298 g/mol. The van der Waals surface area contributed by atoms with Gasteiger partial charge in [0.1, 0.15) is 0 Å². The summed E-state index contributed by atoms with van der Waals surface area (Å²) in [6.07, 6.45) is 11.5. The highest BCUT2D eigenvalue weighted by atomic mass is 16.2. The lowest BCUT2D eigenvalue weighted by molar-refractivity contribution is -0.124. The number of nitrogens with zero attached hydrogens (tertiary/aromatic N) is 2. The zero-order chi connectivity index (χ0) is 16.9. The van der Waals surface area contributed by atoms with Crippen molar-refractivity contribution < 1.29 is 4.79 Å². The summed E-state index contributed by atoms with van der Waals surface area (Å²) in [7, 11) is 0. The number of carbonyl (C=O) groups is 1. The Morgan fingerprint density at radius 1 is 0.958 bits per heavy atom. The van der Waals surface area contributed by atoms with E-state index >= 15 is 0 Å². The van der Waals surface area contributed by atoms with Crippen molar-refractivity contribution in [2.24, 2.45) is 5.92 Å². The minimum Gasteiger partial charge on any atom is -0.352 e. The maximum atomic E-state index is 12.6. The van der Waals surface area contributed by atoms with E-state index in [1.165, 1.54) is 44.9 Å². The van der Waals surface area contributed by atoms with Crippen LogP contribution in [0.1, 0.15) is 71.6 Å². The van der Waals surface area contributed by atoms with Crippen LogP contribution < -0.4 is 5.32 Å². The second kappa shape index (κ2) is 8.66. The van der Waals surface area contributed by atoms with Gasteiger partial charge in [-0.3, -0.25) is 9.69 Å². The third kappa shape index (κ3) is 4.95. The number of hydrogen-bond donors (Lipinski definition) is 1. The first-order valence-electron chi connectivity index (χ1n) is 10.5. The first kappa shape index (κ1) is 18.2. The number of hydrogen-bond acceptors (Lipinski definition) is 3. The molecule has 3 fully saturated rings. The maximum Gasteiger partial charge on any atom is 0.234 e. The van der Waals surface area contributed by atoms with Gasteiger partial charge in [0.25, 0.3) is 0 Å². The van der Waals surface area contributed by atoms with Gasteiger partial charge in [0.05, 0.1) is 6.54 Å². The van der Waals surface area contributed by atoms with Gasteiger partial charge in [0.2, 0.25) is 5.91 Å². The summed E-state index contributed by atoms with van der Waals surface area (Å²) >= 11 is 0. The summed E-state index contributed by atoms with van der Waals surface area (Å²) in [6.45, 7) is 8.58. The summed E-state index contributed by atoms with van der Waals surface area (Å²) in [5.41, 5.74) is 0. The predicted molar refractivity (Wildman–Crippen MR) is 99.0 cm³/mol. The van der Waals surface area contributed by atoms with Crippen molar-refractivity contribution >= 4 is 5.91 Å². The Balaban J connectivity index is 1.45. The molecule has 2 aliphatic carbocycles. The van der Waals surface area contributed by atoms with Crippen LogP contribution in [-0.2, 0) is 4.79 Å². The van der Waals surface area contributed by atoms with Crippen molar-refractivity contribution in [3.8, 4) is 0 Å².